The molecule has 100 valence electrons. The Balaban J connectivity index is 0.000000411. The maximum Gasteiger partial charge on any atom is 0.303 e. The van der Waals surface area contributed by atoms with E-state index in [1.807, 2.05) is 37.3 Å². The van der Waals surface area contributed by atoms with E-state index in [0.717, 1.165) is 19.3 Å². The molecule has 0 bridgehead atoms. The lowest BCUT2D eigenvalue weighted by atomic mass is 10.1. The molecule has 1 aromatic carbocycles. The fourth-order valence-electron chi connectivity index (χ4n) is 1.30. The van der Waals surface area contributed by atoms with Crippen molar-refractivity contribution >= 4 is 11.9 Å². The summed E-state index contributed by atoms with van der Waals surface area (Å²) in [6.45, 7) is 1.84. The zero-order chi connectivity index (χ0) is 13.8. The van der Waals surface area contributed by atoms with E-state index >= 15 is 0 Å². The van der Waals surface area contributed by atoms with Crippen LogP contribution in [0.1, 0.15) is 38.2 Å². The second kappa shape index (κ2) is 10.3. The number of carbonyl (C=O) groups is 2. The van der Waals surface area contributed by atoms with Crippen molar-refractivity contribution in [2.45, 2.75) is 39.0 Å². The van der Waals surface area contributed by atoms with E-state index in [1.54, 1.807) is 0 Å². The number of rotatable bonds is 6. The van der Waals surface area contributed by atoms with Crippen molar-refractivity contribution in [2.75, 3.05) is 0 Å². The third-order valence-electron chi connectivity index (χ3n) is 2.16. The van der Waals surface area contributed by atoms with Gasteiger partial charge in [-0.15, -0.1) is 0 Å². The monoisotopic (exact) mass is 252 g/mol. The van der Waals surface area contributed by atoms with E-state index in [0.29, 0.717) is 6.42 Å². The largest absolute Gasteiger partial charge is 0.481 e. The van der Waals surface area contributed by atoms with Crippen LogP contribution in [-0.2, 0) is 16.0 Å². The van der Waals surface area contributed by atoms with Gasteiger partial charge in [0.1, 0.15) is 0 Å². The van der Waals surface area contributed by atoms with Crippen molar-refractivity contribution in [3.05, 3.63) is 35.9 Å². The molecule has 0 unspecified atom stereocenters. The first-order valence-corrected chi connectivity index (χ1v) is 6.03. The average molecular weight is 252 g/mol. The SMILES string of the molecule is CCCC(=O)O.O=C(O)CCCc1ccccc1. The molecule has 0 saturated carbocycles. The topological polar surface area (TPSA) is 74.6 Å². The number of benzene rings is 1. The summed E-state index contributed by atoms with van der Waals surface area (Å²) >= 11 is 0. The first kappa shape index (κ1) is 16.2. The summed E-state index contributed by atoms with van der Waals surface area (Å²) in [6.07, 6.45) is 2.86. The highest BCUT2D eigenvalue weighted by atomic mass is 16.4. The summed E-state index contributed by atoms with van der Waals surface area (Å²) in [5.41, 5.74) is 1.21. The zero-order valence-electron chi connectivity index (χ0n) is 10.6. The highest BCUT2D eigenvalue weighted by Crippen LogP contribution is 2.03. The molecule has 0 heterocycles. The van der Waals surface area contributed by atoms with Gasteiger partial charge in [0.2, 0.25) is 0 Å². The van der Waals surface area contributed by atoms with Gasteiger partial charge in [-0.3, -0.25) is 9.59 Å². The van der Waals surface area contributed by atoms with Crippen molar-refractivity contribution in [3.8, 4) is 0 Å². The van der Waals surface area contributed by atoms with Gasteiger partial charge < -0.3 is 10.2 Å². The predicted octanol–water partition coefficient (Wildman–Crippen LogP) is 2.97. The molecule has 0 saturated heterocycles. The van der Waals surface area contributed by atoms with Gasteiger partial charge in [0, 0.05) is 12.8 Å². The van der Waals surface area contributed by atoms with Crippen molar-refractivity contribution in [3.63, 3.8) is 0 Å². The molecule has 1 aromatic rings. The summed E-state index contributed by atoms with van der Waals surface area (Å²) in [7, 11) is 0. The minimum Gasteiger partial charge on any atom is -0.481 e. The molecular formula is C14H20O4. The number of aliphatic carboxylic acids is 2. The molecule has 2 N–H and O–H groups in total. The van der Waals surface area contributed by atoms with Crippen molar-refractivity contribution < 1.29 is 19.8 Å². The summed E-state index contributed by atoms with van der Waals surface area (Å²) < 4.78 is 0. The Morgan fingerprint density at radius 1 is 1.00 bits per heavy atom. The second-order valence-corrected chi connectivity index (χ2v) is 3.88. The van der Waals surface area contributed by atoms with Crippen LogP contribution >= 0.6 is 0 Å². The summed E-state index contributed by atoms with van der Waals surface area (Å²) in [5.74, 6) is -1.43. The number of carboxylic acid groups (broad SMARTS) is 2. The molecular weight excluding hydrogens is 232 g/mol. The van der Waals surface area contributed by atoms with Crippen LogP contribution in [0, 0.1) is 0 Å². The van der Waals surface area contributed by atoms with Gasteiger partial charge >= 0.3 is 11.9 Å². The van der Waals surface area contributed by atoms with Crippen molar-refractivity contribution in [2.24, 2.45) is 0 Å². The van der Waals surface area contributed by atoms with E-state index in [1.165, 1.54) is 5.56 Å². The van der Waals surface area contributed by atoms with Crippen LogP contribution in [-0.4, -0.2) is 22.2 Å². The lowest BCUT2D eigenvalue weighted by Crippen LogP contribution is -1.95. The normalized spacial score (nSPS) is 9.17. The Labute approximate surface area is 107 Å². The number of aryl methyl sites for hydroxylation is 1. The predicted molar refractivity (Wildman–Crippen MR) is 69.6 cm³/mol. The van der Waals surface area contributed by atoms with E-state index in [4.69, 9.17) is 10.2 Å². The molecule has 4 nitrogen and oxygen atoms in total. The van der Waals surface area contributed by atoms with E-state index in [2.05, 4.69) is 0 Å². The highest BCUT2D eigenvalue weighted by molar-refractivity contribution is 5.66. The van der Waals surface area contributed by atoms with Crippen molar-refractivity contribution in [1.82, 2.24) is 0 Å². The molecule has 0 aliphatic rings. The summed E-state index contributed by atoms with van der Waals surface area (Å²) in [6, 6.07) is 9.93. The first-order valence-electron chi connectivity index (χ1n) is 6.03. The Kier molecular flexibility index (Phi) is 9.27. The summed E-state index contributed by atoms with van der Waals surface area (Å²) in [5, 5.41) is 16.3. The zero-order valence-corrected chi connectivity index (χ0v) is 10.6. The third kappa shape index (κ3) is 10.7. The molecule has 4 heteroatoms. The second-order valence-electron chi connectivity index (χ2n) is 3.88. The standard InChI is InChI=1S/C10H12O2.C4H8O2/c11-10(12)8-4-7-9-5-2-1-3-6-9;1-2-3-4(5)6/h1-3,5-6H,4,7-8H2,(H,11,12);2-3H2,1H3,(H,5,6). The fraction of sp³-hybridized carbons (Fsp3) is 0.429. The van der Waals surface area contributed by atoms with Crippen LogP contribution in [0.3, 0.4) is 0 Å². The van der Waals surface area contributed by atoms with Crippen LogP contribution in [0.15, 0.2) is 30.3 Å². The lowest BCUT2D eigenvalue weighted by Gasteiger charge is -1.97. The third-order valence-corrected chi connectivity index (χ3v) is 2.16. The maximum atomic E-state index is 10.2. The van der Waals surface area contributed by atoms with Gasteiger partial charge in [0.25, 0.3) is 0 Å². The Bertz CT molecular complexity index is 346. The van der Waals surface area contributed by atoms with Crippen LogP contribution in [0.2, 0.25) is 0 Å². The van der Waals surface area contributed by atoms with E-state index in [9.17, 15) is 9.59 Å². The Hall–Kier alpha value is -1.84. The van der Waals surface area contributed by atoms with Crippen molar-refractivity contribution in [1.29, 1.82) is 0 Å². The van der Waals surface area contributed by atoms with E-state index in [-0.39, 0.29) is 6.42 Å². The van der Waals surface area contributed by atoms with E-state index < -0.39 is 11.9 Å². The molecule has 0 amide bonds. The molecule has 0 aromatic heterocycles. The molecule has 0 spiro atoms. The molecule has 18 heavy (non-hydrogen) atoms. The fourth-order valence-corrected chi connectivity index (χ4v) is 1.30. The van der Waals surface area contributed by atoms with Gasteiger partial charge in [-0.1, -0.05) is 37.3 Å². The Morgan fingerprint density at radius 3 is 1.94 bits per heavy atom. The Morgan fingerprint density at radius 2 is 1.56 bits per heavy atom. The highest BCUT2D eigenvalue weighted by Gasteiger charge is 1.96. The molecule has 0 fully saturated rings. The smallest absolute Gasteiger partial charge is 0.303 e. The lowest BCUT2D eigenvalue weighted by molar-refractivity contribution is -0.138. The van der Waals surface area contributed by atoms with Gasteiger partial charge in [-0.2, -0.15) is 0 Å². The van der Waals surface area contributed by atoms with Gasteiger partial charge in [-0.25, -0.2) is 0 Å². The maximum absolute atomic E-state index is 10.2. The van der Waals surface area contributed by atoms with Crippen LogP contribution < -0.4 is 0 Å². The minimum absolute atomic E-state index is 0.259. The average Bonchev–Trinajstić information content (AvgIpc) is 2.30. The molecule has 1 rings (SSSR count). The van der Waals surface area contributed by atoms with Crippen LogP contribution in [0.4, 0.5) is 0 Å². The minimum atomic E-state index is -0.717. The number of hydrogen-bond acceptors (Lipinski definition) is 2. The van der Waals surface area contributed by atoms with Gasteiger partial charge in [-0.05, 0) is 24.8 Å². The molecule has 0 aliphatic heterocycles. The van der Waals surface area contributed by atoms with Crippen LogP contribution in [0.25, 0.3) is 0 Å². The van der Waals surface area contributed by atoms with Crippen LogP contribution in [0.5, 0.6) is 0 Å². The number of carboxylic acids is 2. The molecule has 0 atom stereocenters. The first-order chi connectivity index (χ1) is 8.56. The molecule has 0 aliphatic carbocycles. The number of hydrogen-bond donors (Lipinski definition) is 2. The quantitative estimate of drug-likeness (QED) is 0.816. The molecule has 0 radical (unpaired) electrons. The van der Waals surface area contributed by atoms with Gasteiger partial charge in [0.05, 0.1) is 0 Å². The summed E-state index contributed by atoms with van der Waals surface area (Å²) in [4.78, 5) is 19.8. The van der Waals surface area contributed by atoms with Gasteiger partial charge in [0.15, 0.2) is 0 Å².